The summed E-state index contributed by atoms with van der Waals surface area (Å²) >= 11 is 0. The molecule has 0 saturated carbocycles. The van der Waals surface area contributed by atoms with Crippen molar-refractivity contribution < 1.29 is 4.42 Å². The molecule has 0 spiro atoms. The zero-order valence-corrected chi connectivity index (χ0v) is 6.66. The van der Waals surface area contributed by atoms with Crippen molar-refractivity contribution in [1.29, 1.82) is 0 Å². The maximum Gasteiger partial charge on any atom is 0.292 e. The summed E-state index contributed by atoms with van der Waals surface area (Å²) < 4.78 is 5.08. The van der Waals surface area contributed by atoms with Crippen LogP contribution < -0.4 is 5.73 Å². The Morgan fingerprint density at radius 1 is 1.58 bits per heavy atom. The van der Waals surface area contributed by atoms with Gasteiger partial charge in [-0.25, -0.2) is 0 Å². The van der Waals surface area contributed by atoms with E-state index >= 15 is 0 Å². The third-order valence-electron chi connectivity index (χ3n) is 1.67. The zero-order chi connectivity index (χ0) is 8.55. The van der Waals surface area contributed by atoms with Crippen LogP contribution in [0.3, 0.4) is 0 Å². The number of aryl methyl sites for hydroxylation is 1. The Hall–Kier alpha value is -1.71. The van der Waals surface area contributed by atoms with Crippen LogP contribution in [-0.4, -0.2) is 9.97 Å². The summed E-state index contributed by atoms with van der Waals surface area (Å²) in [6.45, 7) is 1.83. The van der Waals surface area contributed by atoms with Gasteiger partial charge in [0.2, 0.25) is 0 Å². The van der Waals surface area contributed by atoms with Gasteiger partial charge >= 0.3 is 0 Å². The number of H-pyrrole nitrogens is 1. The van der Waals surface area contributed by atoms with E-state index in [9.17, 15) is 0 Å². The second-order valence-electron chi connectivity index (χ2n) is 2.54. The van der Waals surface area contributed by atoms with Crippen LogP contribution in [0, 0.1) is 6.92 Å². The van der Waals surface area contributed by atoms with Gasteiger partial charge in [-0.3, -0.25) is 0 Å². The van der Waals surface area contributed by atoms with Crippen molar-refractivity contribution in [2.24, 2.45) is 0 Å². The lowest BCUT2D eigenvalue weighted by Gasteiger charge is -1.89. The number of nitrogens with one attached hydrogen (secondary N) is 1. The standard InChI is InChI=1S/C8H9N3O/c1-5-7(11-8(9)12-5)6-3-2-4-10-6/h2-4,10H,1H3,(H2,9,11). The summed E-state index contributed by atoms with van der Waals surface area (Å²) in [5, 5.41) is 0. The first-order valence-corrected chi connectivity index (χ1v) is 3.64. The molecule has 0 aromatic carbocycles. The molecule has 0 saturated heterocycles. The van der Waals surface area contributed by atoms with Crippen molar-refractivity contribution in [3.8, 4) is 11.4 Å². The minimum absolute atomic E-state index is 0.206. The second kappa shape index (κ2) is 2.41. The summed E-state index contributed by atoms with van der Waals surface area (Å²) in [6.07, 6.45) is 1.83. The van der Waals surface area contributed by atoms with Crippen molar-refractivity contribution in [3.63, 3.8) is 0 Å². The fourth-order valence-electron chi connectivity index (χ4n) is 1.14. The largest absolute Gasteiger partial charge is 0.428 e. The van der Waals surface area contributed by atoms with Crippen LogP contribution in [0.25, 0.3) is 11.4 Å². The molecule has 2 aromatic rings. The van der Waals surface area contributed by atoms with Crippen molar-refractivity contribution in [2.45, 2.75) is 6.92 Å². The Kier molecular flexibility index (Phi) is 1.40. The molecule has 0 aliphatic carbocycles. The molecular weight excluding hydrogens is 154 g/mol. The third kappa shape index (κ3) is 0.972. The normalized spacial score (nSPS) is 10.4. The highest BCUT2D eigenvalue weighted by Crippen LogP contribution is 2.21. The molecular formula is C8H9N3O. The third-order valence-corrected chi connectivity index (χ3v) is 1.67. The second-order valence-corrected chi connectivity index (χ2v) is 2.54. The van der Waals surface area contributed by atoms with Crippen molar-refractivity contribution in [3.05, 3.63) is 24.1 Å². The topological polar surface area (TPSA) is 67.8 Å². The van der Waals surface area contributed by atoms with E-state index in [4.69, 9.17) is 10.2 Å². The molecule has 12 heavy (non-hydrogen) atoms. The Balaban J connectivity index is 2.54. The van der Waals surface area contributed by atoms with Crippen LogP contribution in [0.1, 0.15) is 5.76 Å². The smallest absolute Gasteiger partial charge is 0.292 e. The monoisotopic (exact) mass is 163 g/mol. The first kappa shape index (κ1) is 6.97. The fourth-order valence-corrected chi connectivity index (χ4v) is 1.14. The summed E-state index contributed by atoms with van der Waals surface area (Å²) in [7, 11) is 0. The predicted octanol–water partition coefficient (Wildman–Crippen LogP) is 1.56. The lowest BCUT2D eigenvalue weighted by molar-refractivity contribution is 0.548. The molecule has 0 aliphatic heterocycles. The van der Waals surface area contributed by atoms with Gasteiger partial charge in [-0.05, 0) is 19.1 Å². The average Bonchev–Trinajstić information content (AvgIpc) is 2.58. The highest BCUT2D eigenvalue weighted by Gasteiger charge is 2.09. The molecule has 0 fully saturated rings. The van der Waals surface area contributed by atoms with E-state index < -0.39 is 0 Å². The van der Waals surface area contributed by atoms with Gasteiger partial charge in [-0.1, -0.05) is 0 Å². The van der Waals surface area contributed by atoms with Crippen LogP contribution >= 0.6 is 0 Å². The van der Waals surface area contributed by atoms with E-state index in [0.29, 0.717) is 0 Å². The van der Waals surface area contributed by atoms with Crippen LogP contribution in [0.15, 0.2) is 22.7 Å². The first-order valence-electron chi connectivity index (χ1n) is 3.64. The van der Waals surface area contributed by atoms with Gasteiger partial charge < -0.3 is 15.1 Å². The van der Waals surface area contributed by atoms with E-state index in [0.717, 1.165) is 17.1 Å². The Labute approximate surface area is 69.4 Å². The number of nitrogen functional groups attached to an aromatic ring is 1. The molecule has 0 amide bonds. The van der Waals surface area contributed by atoms with Crippen LogP contribution in [0.5, 0.6) is 0 Å². The summed E-state index contributed by atoms with van der Waals surface area (Å²) in [6, 6.07) is 4.03. The number of anilines is 1. The van der Waals surface area contributed by atoms with E-state index in [-0.39, 0.29) is 6.01 Å². The average molecular weight is 163 g/mol. The maximum absolute atomic E-state index is 5.39. The van der Waals surface area contributed by atoms with Gasteiger partial charge in [-0.15, -0.1) is 0 Å². The molecule has 2 rings (SSSR count). The number of aromatic amines is 1. The number of nitrogens with zero attached hydrogens (tertiary/aromatic N) is 1. The fraction of sp³-hybridized carbons (Fsp3) is 0.125. The quantitative estimate of drug-likeness (QED) is 0.670. The van der Waals surface area contributed by atoms with Gasteiger partial charge in [-0.2, -0.15) is 4.98 Å². The lowest BCUT2D eigenvalue weighted by Crippen LogP contribution is -1.83. The van der Waals surface area contributed by atoms with Crippen LogP contribution in [-0.2, 0) is 0 Å². The molecule has 0 aliphatic rings. The molecule has 2 heterocycles. The molecule has 2 aromatic heterocycles. The minimum Gasteiger partial charge on any atom is -0.428 e. The van der Waals surface area contributed by atoms with E-state index in [1.54, 1.807) is 0 Å². The molecule has 4 nitrogen and oxygen atoms in total. The van der Waals surface area contributed by atoms with E-state index in [1.807, 2.05) is 25.3 Å². The number of hydrogen-bond donors (Lipinski definition) is 2. The molecule has 3 N–H and O–H groups in total. The molecule has 0 atom stereocenters. The molecule has 4 heteroatoms. The van der Waals surface area contributed by atoms with Crippen molar-refractivity contribution >= 4 is 6.01 Å². The number of nitrogens with two attached hydrogens (primary N) is 1. The van der Waals surface area contributed by atoms with Crippen LogP contribution in [0.4, 0.5) is 6.01 Å². The Morgan fingerprint density at radius 2 is 2.42 bits per heavy atom. The van der Waals surface area contributed by atoms with Crippen molar-refractivity contribution in [2.75, 3.05) is 5.73 Å². The Bertz CT molecular complexity index is 375. The molecule has 0 bridgehead atoms. The van der Waals surface area contributed by atoms with Gasteiger partial charge in [0.05, 0.1) is 5.69 Å². The highest BCUT2D eigenvalue weighted by molar-refractivity contribution is 5.57. The van der Waals surface area contributed by atoms with Gasteiger partial charge in [0.25, 0.3) is 6.01 Å². The molecule has 62 valence electrons. The summed E-state index contributed by atoms with van der Waals surface area (Å²) in [5.41, 5.74) is 7.09. The van der Waals surface area contributed by atoms with E-state index in [2.05, 4.69) is 9.97 Å². The highest BCUT2D eigenvalue weighted by atomic mass is 16.4. The zero-order valence-electron chi connectivity index (χ0n) is 6.66. The number of rotatable bonds is 1. The first-order chi connectivity index (χ1) is 5.77. The summed E-state index contributed by atoms with van der Waals surface area (Å²) in [4.78, 5) is 7.06. The number of oxazole rings is 1. The van der Waals surface area contributed by atoms with Gasteiger partial charge in [0.1, 0.15) is 11.5 Å². The molecule has 0 radical (unpaired) electrons. The Morgan fingerprint density at radius 3 is 2.92 bits per heavy atom. The van der Waals surface area contributed by atoms with Crippen molar-refractivity contribution in [1.82, 2.24) is 9.97 Å². The van der Waals surface area contributed by atoms with Crippen LogP contribution in [0.2, 0.25) is 0 Å². The van der Waals surface area contributed by atoms with Gasteiger partial charge in [0, 0.05) is 6.20 Å². The van der Waals surface area contributed by atoms with E-state index in [1.165, 1.54) is 0 Å². The number of aromatic nitrogens is 2. The predicted molar refractivity (Wildman–Crippen MR) is 45.4 cm³/mol. The lowest BCUT2D eigenvalue weighted by atomic mass is 10.3. The SMILES string of the molecule is Cc1oc(N)nc1-c1ccc[nH]1. The minimum atomic E-state index is 0.206. The number of hydrogen-bond acceptors (Lipinski definition) is 3. The maximum atomic E-state index is 5.39. The molecule has 0 unspecified atom stereocenters. The van der Waals surface area contributed by atoms with Gasteiger partial charge in [0.15, 0.2) is 0 Å². The summed E-state index contributed by atoms with van der Waals surface area (Å²) in [5.74, 6) is 0.731.